The van der Waals surface area contributed by atoms with Crippen molar-refractivity contribution in [3.05, 3.63) is 53.3 Å². The Balaban J connectivity index is 1.19. The number of nitrogens with zero attached hydrogens (tertiary/aromatic N) is 4. The van der Waals surface area contributed by atoms with E-state index in [1.165, 1.54) is 0 Å². The average molecular weight is 528 g/mol. The molecule has 2 fully saturated rings. The minimum atomic E-state index is -0.555. The predicted molar refractivity (Wildman–Crippen MR) is 146 cm³/mol. The van der Waals surface area contributed by atoms with Crippen LogP contribution in [0.15, 0.2) is 36.4 Å². The Bertz CT molecular complexity index is 1610. The number of aromatic amines is 1. The van der Waals surface area contributed by atoms with Crippen LogP contribution < -0.4 is 25.0 Å². The average Bonchev–Trinajstić information content (AvgIpc) is 3.51. The highest BCUT2D eigenvalue weighted by Crippen LogP contribution is 2.65. The Morgan fingerprint density at radius 2 is 1.92 bits per heavy atom. The van der Waals surface area contributed by atoms with Gasteiger partial charge in [-0.1, -0.05) is 6.07 Å². The van der Waals surface area contributed by atoms with Crippen LogP contribution in [0.1, 0.15) is 29.3 Å². The number of hydrogen-bond donors (Lipinski definition) is 3. The second-order valence-corrected chi connectivity index (χ2v) is 10.2. The minimum absolute atomic E-state index is 0.0464. The van der Waals surface area contributed by atoms with Crippen LogP contribution >= 0.6 is 0 Å². The molecule has 11 nitrogen and oxygen atoms in total. The number of methoxy groups -OCH3 is 2. The molecule has 1 aliphatic carbocycles. The number of anilines is 4. The summed E-state index contributed by atoms with van der Waals surface area (Å²) in [5.41, 5.74) is 3.28. The van der Waals surface area contributed by atoms with Gasteiger partial charge in [0.1, 0.15) is 11.6 Å². The Morgan fingerprint density at radius 3 is 2.72 bits per heavy atom. The second kappa shape index (κ2) is 8.84. The maximum absolute atomic E-state index is 13.1. The maximum Gasteiger partial charge on any atom is 0.235 e. The smallest absolute Gasteiger partial charge is 0.235 e. The molecule has 1 spiro atoms. The van der Waals surface area contributed by atoms with Crippen LogP contribution in [0.5, 0.6) is 11.5 Å². The van der Waals surface area contributed by atoms with Crippen molar-refractivity contribution in [1.82, 2.24) is 20.2 Å². The molecule has 0 radical (unpaired) electrons. The molecule has 3 aliphatic rings. The maximum atomic E-state index is 13.1. The number of amides is 1. The first-order chi connectivity index (χ1) is 19.0. The first-order valence-corrected chi connectivity index (χ1v) is 13.0. The molecule has 7 rings (SSSR count). The first kappa shape index (κ1) is 23.7. The van der Waals surface area contributed by atoms with E-state index in [4.69, 9.17) is 14.2 Å². The summed E-state index contributed by atoms with van der Waals surface area (Å²) in [5, 5.41) is 15.0. The van der Waals surface area contributed by atoms with Crippen LogP contribution in [0.2, 0.25) is 0 Å². The van der Waals surface area contributed by atoms with E-state index in [1.807, 2.05) is 31.2 Å². The van der Waals surface area contributed by atoms with E-state index in [-0.39, 0.29) is 11.8 Å². The molecule has 1 saturated carbocycles. The zero-order chi connectivity index (χ0) is 26.7. The lowest BCUT2D eigenvalue weighted by molar-refractivity contribution is -0.118. The number of aryl methyl sites for hydroxylation is 1. The Morgan fingerprint density at radius 1 is 1.08 bits per heavy atom. The van der Waals surface area contributed by atoms with Crippen molar-refractivity contribution in [2.75, 3.05) is 56.1 Å². The monoisotopic (exact) mass is 527 g/mol. The molecular weight excluding hydrogens is 498 g/mol. The summed E-state index contributed by atoms with van der Waals surface area (Å²) in [6.45, 7) is 4.62. The first-order valence-electron chi connectivity index (χ1n) is 13.0. The summed E-state index contributed by atoms with van der Waals surface area (Å²) >= 11 is 0. The van der Waals surface area contributed by atoms with Gasteiger partial charge in [0.05, 0.1) is 38.4 Å². The van der Waals surface area contributed by atoms with Gasteiger partial charge in [-0.2, -0.15) is 5.10 Å². The summed E-state index contributed by atoms with van der Waals surface area (Å²) in [6, 6.07) is 12.0. The fourth-order valence-corrected chi connectivity index (χ4v) is 5.97. The normalized spacial score (nSPS) is 21.7. The van der Waals surface area contributed by atoms with Gasteiger partial charge in [-0.15, -0.1) is 0 Å². The molecule has 4 aromatic rings. The van der Waals surface area contributed by atoms with Gasteiger partial charge in [-0.25, -0.2) is 9.97 Å². The summed E-state index contributed by atoms with van der Waals surface area (Å²) in [5.74, 6) is 4.01. The van der Waals surface area contributed by atoms with Gasteiger partial charge in [0, 0.05) is 30.1 Å². The molecular formula is C28H29N7O4. The van der Waals surface area contributed by atoms with Crippen molar-refractivity contribution in [3.63, 3.8) is 0 Å². The number of carbonyl (C=O) groups excluding carboxylic acids is 1. The summed E-state index contributed by atoms with van der Waals surface area (Å²) in [6.07, 6.45) is 0.755. The Kier molecular flexibility index (Phi) is 5.37. The Hall–Kier alpha value is -4.38. The van der Waals surface area contributed by atoms with Crippen molar-refractivity contribution in [2.45, 2.75) is 24.7 Å². The van der Waals surface area contributed by atoms with Crippen molar-refractivity contribution >= 4 is 40.0 Å². The highest BCUT2D eigenvalue weighted by molar-refractivity contribution is 6.10. The van der Waals surface area contributed by atoms with Gasteiger partial charge in [0.25, 0.3) is 0 Å². The topological polar surface area (TPSA) is 127 Å². The number of ether oxygens (including phenoxy) is 3. The molecule has 2 aliphatic heterocycles. The third-order valence-electron chi connectivity index (χ3n) is 8.02. The lowest BCUT2D eigenvalue weighted by atomic mass is 9.91. The van der Waals surface area contributed by atoms with Crippen LogP contribution in [0.4, 0.5) is 23.1 Å². The molecule has 2 aromatic carbocycles. The van der Waals surface area contributed by atoms with Gasteiger partial charge in [-0.3, -0.25) is 9.89 Å². The van der Waals surface area contributed by atoms with E-state index in [0.29, 0.717) is 36.4 Å². The number of aromatic nitrogens is 4. The lowest BCUT2D eigenvalue weighted by Crippen LogP contribution is -2.37. The molecule has 2 atom stereocenters. The molecule has 3 N–H and O–H groups in total. The molecule has 0 bridgehead atoms. The quantitative estimate of drug-likeness (QED) is 0.344. The summed E-state index contributed by atoms with van der Waals surface area (Å²) < 4.78 is 16.7. The van der Waals surface area contributed by atoms with Gasteiger partial charge in [0.2, 0.25) is 11.7 Å². The van der Waals surface area contributed by atoms with E-state index in [9.17, 15) is 4.79 Å². The molecule has 1 saturated heterocycles. The Labute approximate surface area is 224 Å². The zero-order valence-electron chi connectivity index (χ0n) is 22.0. The number of hydrogen-bond acceptors (Lipinski definition) is 9. The molecule has 2 aromatic heterocycles. The van der Waals surface area contributed by atoms with Crippen molar-refractivity contribution in [1.29, 1.82) is 0 Å². The third kappa shape index (κ3) is 3.68. The van der Waals surface area contributed by atoms with Gasteiger partial charge in [-0.05, 0) is 54.8 Å². The largest absolute Gasteiger partial charge is 0.497 e. The van der Waals surface area contributed by atoms with Crippen molar-refractivity contribution in [2.24, 2.45) is 0 Å². The molecule has 200 valence electrons. The number of morpholine rings is 1. The van der Waals surface area contributed by atoms with Gasteiger partial charge in [0.15, 0.2) is 17.5 Å². The van der Waals surface area contributed by atoms with E-state index >= 15 is 0 Å². The summed E-state index contributed by atoms with van der Waals surface area (Å²) in [4.78, 5) is 24.5. The predicted octanol–water partition coefficient (Wildman–Crippen LogP) is 3.64. The number of carbonyl (C=O) groups is 1. The molecule has 4 heterocycles. The van der Waals surface area contributed by atoms with Gasteiger partial charge < -0.3 is 29.7 Å². The molecule has 1 amide bonds. The SMILES string of the molecule is COc1ccc2c(c1)[C@]1(C[C@H]1c1ccc3c(Nc4nc(C)nc(N5CCOCC5)c4OC)n[nH]c3c1)C(=O)N2. The van der Waals surface area contributed by atoms with E-state index < -0.39 is 5.41 Å². The number of fused-ring (bicyclic) bond motifs is 3. The lowest BCUT2D eigenvalue weighted by Gasteiger charge is -2.29. The zero-order valence-corrected chi connectivity index (χ0v) is 22.0. The van der Waals surface area contributed by atoms with Crippen LogP contribution in [0, 0.1) is 6.92 Å². The number of rotatable bonds is 6. The van der Waals surface area contributed by atoms with Crippen LogP contribution in [0.25, 0.3) is 10.9 Å². The van der Waals surface area contributed by atoms with Crippen LogP contribution in [0.3, 0.4) is 0 Å². The molecule has 39 heavy (non-hydrogen) atoms. The van der Waals surface area contributed by atoms with Crippen LogP contribution in [-0.4, -0.2) is 66.6 Å². The molecule has 0 unspecified atom stereocenters. The highest BCUT2D eigenvalue weighted by Gasteiger charge is 2.65. The second-order valence-electron chi connectivity index (χ2n) is 10.2. The number of H-pyrrole nitrogens is 1. The highest BCUT2D eigenvalue weighted by atomic mass is 16.5. The summed E-state index contributed by atoms with van der Waals surface area (Å²) in [7, 11) is 3.26. The number of benzene rings is 2. The van der Waals surface area contributed by atoms with Crippen molar-refractivity contribution in [3.8, 4) is 11.5 Å². The van der Waals surface area contributed by atoms with Gasteiger partial charge >= 0.3 is 0 Å². The molecule has 11 heteroatoms. The van der Waals surface area contributed by atoms with E-state index in [2.05, 4.69) is 47.8 Å². The van der Waals surface area contributed by atoms with E-state index in [0.717, 1.165) is 58.8 Å². The third-order valence-corrected chi connectivity index (χ3v) is 8.02. The minimum Gasteiger partial charge on any atom is -0.497 e. The van der Waals surface area contributed by atoms with Crippen LogP contribution in [-0.2, 0) is 14.9 Å². The van der Waals surface area contributed by atoms with E-state index in [1.54, 1.807) is 14.2 Å². The van der Waals surface area contributed by atoms with Crippen molar-refractivity contribution < 1.29 is 19.0 Å². The fraction of sp³-hybridized carbons (Fsp3) is 0.357. The fourth-order valence-electron chi connectivity index (χ4n) is 5.97. The standard InChI is InChI=1S/C28H29N7O4/c1-15-29-25(23(38-3)26(30-15)35-8-10-39-11-9-35)32-24-18-6-4-16(12-22(18)33-34-24)20-14-28(20)19-13-17(37-2)5-7-21(19)31-27(28)36/h4-7,12-13,20H,8-11,14H2,1-3H3,(H,31,36)(H2,29,30,32,33,34)/t20-,28-/m0/s1. The number of nitrogens with one attached hydrogen (secondary N) is 3.